The van der Waals surface area contributed by atoms with Gasteiger partial charge in [0, 0.05) is 43.6 Å². The molecular weight excluding hydrogens is 743 g/mol. The third-order valence-corrected chi connectivity index (χ3v) is 7.93. The van der Waals surface area contributed by atoms with Crippen LogP contribution in [0.1, 0.15) is 48.7 Å². The Bertz CT molecular complexity index is 2040. The molecule has 0 amide bonds. The molecule has 4 nitrogen and oxygen atoms in total. The van der Waals surface area contributed by atoms with Crippen LogP contribution in [0.2, 0.25) is 0 Å². The van der Waals surface area contributed by atoms with Crippen LogP contribution in [0, 0.1) is 26.0 Å². The first-order valence-electron chi connectivity index (χ1n) is 15.4. The van der Waals surface area contributed by atoms with E-state index in [4.69, 9.17) is 14.4 Å². The van der Waals surface area contributed by atoms with Crippen molar-refractivity contribution < 1.29 is 24.5 Å². The number of fused-ring (bicyclic) bond motifs is 3. The summed E-state index contributed by atoms with van der Waals surface area (Å²) in [5.41, 5.74) is 11.3. The molecule has 0 aliphatic carbocycles. The minimum Gasteiger partial charge on any atom is -0.486 e. The van der Waals surface area contributed by atoms with E-state index in [1.807, 2.05) is 61.8 Å². The van der Waals surface area contributed by atoms with Crippen molar-refractivity contribution in [1.82, 2.24) is 15.0 Å². The van der Waals surface area contributed by atoms with E-state index in [2.05, 4.69) is 99.4 Å². The second-order valence-corrected chi connectivity index (χ2v) is 12.5. The van der Waals surface area contributed by atoms with Gasteiger partial charge in [-0.1, -0.05) is 80.3 Å². The Labute approximate surface area is 285 Å². The van der Waals surface area contributed by atoms with Gasteiger partial charge >= 0.3 is 0 Å². The summed E-state index contributed by atoms with van der Waals surface area (Å²) < 4.78 is 6.30. The largest absolute Gasteiger partial charge is 0.486 e. The van der Waals surface area contributed by atoms with Gasteiger partial charge in [-0.2, -0.15) is 0 Å². The van der Waals surface area contributed by atoms with Gasteiger partial charge in [0.05, 0.1) is 5.58 Å². The summed E-state index contributed by atoms with van der Waals surface area (Å²) in [6.45, 7) is 10.8. The standard InChI is InChI=1S/C29H27N2O.C12H10N.Ir/c1-19-18-30-26(17-25(19)29(2,3)4)24-12-8-11-22-23-16-15-21(31-28(23)32-27(22)24)14-13-20-9-6-5-7-10-20;1-10-7-8-12(13-9-10)11-5-3-2-4-6-11;/h5-11,15-18H,13-14H2,1-4H3;2-5,7-9H,1H3;/q2*-1;. The summed E-state index contributed by atoms with van der Waals surface area (Å²) in [7, 11) is 0. The molecule has 4 heterocycles. The normalized spacial score (nSPS) is 11.2. The van der Waals surface area contributed by atoms with Gasteiger partial charge in [0.15, 0.2) is 0 Å². The van der Waals surface area contributed by atoms with Crippen molar-refractivity contribution in [3.8, 4) is 22.5 Å². The van der Waals surface area contributed by atoms with E-state index in [-0.39, 0.29) is 25.5 Å². The summed E-state index contributed by atoms with van der Waals surface area (Å²) in [6, 6.07) is 39.4. The Morgan fingerprint density at radius 2 is 1.50 bits per heavy atom. The van der Waals surface area contributed by atoms with E-state index in [1.165, 1.54) is 22.3 Å². The Kier molecular flexibility index (Phi) is 10.3. The van der Waals surface area contributed by atoms with Gasteiger partial charge in [0.2, 0.25) is 5.71 Å². The fourth-order valence-electron chi connectivity index (χ4n) is 5.56. The fraction of sp³-hybridized carbons (Fsp3) is 0.195. The van der Waals surface area contributed by atoms with Gasteiger partial charge in [-0.3, -0.25) is 0 Å². The fourth-order valence-corrected chi connectivity index (χ4v) is 5.56. The molecule has 0 unspecified atom stereocenters. The van der Waals surface area contributed by atoms with Gasteiger partial charge in [-0.05, 0) is 77.9 Å². The Morgan fingerprint density at radius 3 is 2.22 bits per heavy atom. The van der Waals surface area contributed by atoms with Crippen LogP contribution in [0.4, 0.5) is 0 Å². The monoisotopic (exact) mass is 780 g/mol. The van der Waals surface area contributed by atoms with E-state index in [9.17, 15) is 0 Å². The third-order valence-electron chi connectivity index (χ3n) is 7.93. The molecule has 233 valence electrons. The predicted octanol–water partition coefficient (Wildman–Crippen LogP) is 10.1. The number of rotatable bonds is 5. The molecule has 7 aromatic rings. The molecule has 0 fully saturated rings. The summed E-state index contributed by atoms with van der Waals surface area (Å²) in [4.78, 5) is 13.9. The van der Waals surface area contributed by atoms with Crippen LogP contribution in [0.3, 0.4) is 0 Å². The van der Waals surface area contributed by atoms with E-state index < -0.39 is 0 Å². The van der Waals surface area contributed by atoms with E-state index in [0.717, 1.165) is 57.4 Å². The number of benzene rings is 3. The molecule has 0 aliphatic rings. The van der Waals surface area contributed by atoms with Crippen molar-refractivity contribution in [2.75, 3.05) is 0 Å². The summed E-state index contributed by atoms with van der Waals surface area (Å²) in [6.07, 6.45) is 5.66. The van der Waals surface area contributed by atoms with Crippen LogP contribution < -0.4 is 0 Å². The minimum atomic E-state index is 0. The van der Waals surface area contributed by atoms with Crippen molar-refractivity contribution in [1.29, 1.82) is 0 Å². The maximum atomic E-state index is 6.30. The van der Waals surface area contributed by atoms with Crippen molar-refractivity contribution in [3.05, 3.63) is 150 Å². The number of furan rings is 1. The van der Waals surface area contributed by atoms with Gasteiger partial charge in [0.1, 0.15) is 0 Å². The predicted molar refractivity (Wildman–Crippen MR) is 184 cm³/mol. The number of aromatic nitrogens is 3. The smallest absolute Gasteiger partial charge is 0.216 e. The number of hydrogen-bond donors (Lipinski definition) is 0. The first-order chi connectivity index (χ1) is 21.8. The van der Waals surface area contributed by atoms with E-state index in [0.29, 0.717) is 5.71 Å². The Morgan fingerprint density at radius 1 is 0.717 bits per heavy atom. The molecule has 0 bridgehead atoms. The Balaban J connectivity index is 0.000000250. The first kappa shape index (κ1) is 32.9. The molecular formula is C41H37IrN3O-2. The number of nitrogens with zero attached hydrogens (tertiary/aromatic N) is 3. The van der Waals surface area contributed by atoms with Gasteiger partial charge < -0.3 is 14.4 Å². The molecule has 0 aliphatic heterocycles. The molecule has 7 rings (SSSR count). The van der Waals surface area contributed by atoms with Crippen molar-refractivity contribution in [2.24, 2.45) is 0 Å². The second kappa shape index (κ2) is 14.3. The van der Waals surface area contributed by atoms with Crippen LogP contribution in [0.15, 0.2) is 114 Å². The zero-order valence-corrected chi connectivity index (χ0v) is 29.3. The summed E-state index contributed by atoms with van der Waals surface area (Å²) in [5, 5.41) is 2.08. The average Bonchev–Trinajstić information content (AvgIpc) is 3.43. The SMILES string of the molecule is Cc1ccc(-c2[c-]cccc2)nc1.Cc1cnc(-c2[c-]ccc3c2oc2nc(CCc4ccccc4)ccc23)cc1C(C)(C)C.[Ir]. The molecule has 3 aromatic carbocycles. The molecule has 0 saturated carbocycles. The number of aryl methyl sites for hydroxylation is 4. The maximum Gasteiger partial charge on any atom is 0.216 e. The molecule has 0 spiro atoms. The zero-order chi connectivity index (χ0) is 31.4. The molecule has 0 atom stereocenters. The quantitative estimate of drug-likeness (QED) is 0.163. The zero-order valence-electron chi connectivity index (χ0n) is 26.9. The van der Waals surface area contributed by atoms with Gasteiger partial charge in [-0.15, -0.1) is 54.1 Å². The topological polar surface area (TPSA) is 51.8 Å². The first-order valence-corrected chi connectivity index (χ1v) is 15.4. The Hall–Kier alpha value is -4.44. The molecule has 1 radical (unpaired) electrons. The van der Waals surface area contributed by atoms with Crippen LogP contribution in [-0.4, -0.2) is 15.0 Å². The molecule has 0 saturated heterocycles. The molecule has 4 aromatic heterocycles. The summed E-state index contributed by atoms with van der Waals surface area (Å²) in [5.74, 6) is 0. The summed E-state index contributed by atoms with van der Waals surface area (Å²) >= 11 is 0. The second-order valence-electron chi connectivity index (χ2n) is 12.5. The van der Waals surface area contributed by atoms with Crippen molar-refractivity contribution in [3.63, 3.8) is 0 Å². The molecule has 0 N–H and O–H groups in total. The van der Waals surface area contributed by atoms with Crippen LogP contribution in [0.25, 0.3) is 44.6 Å². The maximum absolute atomic E-state index is 6.30. The molecule has 5 heteroatoms. The van der Waals surface area contributed by atoms with Crippen molar-refractivity contribution in [2.45, 2.75) is 52.9 Å². The van der Waals surface area contributed by atoms with Gasteiger partial charge in [0.25, 0.3) is 0 Å². The third kappa shape index (κ3) is 7.50. The minimum absolute atomic E-state index is 0. The van der Waals surface area contributed by atoms with Crippen LogP contribution >= 0.6 is 0 Å². The number of hydrogen-bond acceptors (Lipinski definition) is 4. The van der Waals surface area contributed by atoms with Gasteiger partial charge in [-0.25, -0.2) is 4.98 Å². The number of pyridine rings is 3. The van der Waals surface area contributed by atoms with Crippen LogP contribution in [0.5, 0.6) is 0 Å². The average molecular weight is 780 g/mol. The van der Waals surface area contributed by atoms with E-state index in [1.54, 1.807) is 0 Å². The van der Waals surface area contributed by atoms with Crippen LogP contribution in [-0.2, 0) is 38.4 Å². The van der Waals surface area contributed by atoms with Crippen molar-refractivity contribution >= 4 is 22.1 Å². The van der Waals surface area contributed by atoms with E-state index >= 15 is 0 Å². The molecule has 46 heavy (non-hydrogen) atoms.